The van der Waals surface area contributed by atoms with Gasteiger partial charge in [-0.05, 0) is 89.9 Å². The zero-order chi connectivity index (χ0) is 15.0. The molecule has 0 spiro atoms. The Morgan fingerprint density at radius 2 is 1.47 bits per heavy atom. The highest BCUT2D eigenvalue weighted by molar-refractivity contribution is 5.45. The number of benzene rings is 1. The van der Waals surface area contributed by atoms with Crippen molar-refractivity contribution in [2.24, 2.45) is 5.73 Å². The zero-order valence-corrected chi connectivity index (χ0v) is 13.9. The van der Waals surface area contributed by atoms with Crippen LogP contribution < -0.4 is 5.73 Å². The summed E-state index contributed by atoms with van der Waals surface area (Å²) in [6, 6.07) is 2.66. The third kappa shape index (κ3) is 3.80. The molecule has 1 aromatic carbocycles. The molecule has 0 aliphatic heterocycles. The summed E-state index contributed by atoms with van der Waals surface area (Å²) in [4.78, 5) is 2.29. The largest absolute Gasteiger partial charge is 0.325 e. The van der Waals surface area contributed by atoms with E-state index in [9.17, 15) is 0 Å². The van der Waals surface area contributed by atoms with E-state index in [1.807, 2.05) is 0 Å². The molecule has 0 aromatic heterocycles. The first kappa shape index (κ1) is 16.2. The van der Waals surface area contributed by atoms with Gasteiger partial charge in [-0.15, -0.1) is 0 Å². The number of hydrogen-bond acceptors (Lipinski definition) is 2. The Bertz CT molecular complexity index is 427. The number of hydrogen-bond donors (Lipinski definition) is 1. The molecule has 0 fully saturated rings. The van der Waals surface area contributed by atoms with E-state index in [2.05, 4.69) is 66.6 Å². The lowest BCUT2D eigenvalue weighted by Gasteiger charge is -2.34. The number of rotatable bonds is 4. The summed E-state index contributed by atoms with van der Waals surface area (Å²) in [6.45, 7) is 13.1. The smallest absolute Gasteiger partial charge is 0.0364 e. The molecule has 0 saturated heterocycles. The van der Waals surface area contributed by atoms with Crippen molar-refractivity contribution in [1.29, 1.82) is 0 Å². The van der Waals surface area contributed by atoms with E-state index in [0.717, 1.165) is 6.42 Å². The molecule has 108 valence electrons. The van der Waals surface area contributed by atoms with Gasteiger partial charge >= 0.3 is 0 Å². The molecule has 2 N–H and O–H groups in total. The van der Waals surface area contributed by atoms with Crippen LogP contribution >= 0.6 is 0 Å². The van der Waals surface area contributed by atoms with Crippen LogP contribution in [-0.2, 0) is 0 Å². The average molecular weight is 262 g/mol. The van der Waals surface area contributed by atoms with Crippen LogP contribution in [-0.4, -0.2) is 24.5 Å². The molecule has 1 rings (SSSR count). The number of nitrogens with zero attached hydrogens (tertiary/aromatic N) is 1. The SMILES string of the molecule is Cc1cc(C)c(C)c(C(CC(C)(C)N)N(C)C)c1C. The van der Waals surface area contributed by atoms with Crippen molar-refractivity contribution in [1.82, 2.24) is 4.90 Å². The zero-order valence-electron chi connectivity index (χ0n) is 13.9. The van der Waals surface area contributed by atoms with E-state index >= 15 is 0 Å². The predicted octanol–water partition coefficient (Wildman–Crippen LogP) is 3.65. The molecule has 1 atom stereocenters. The molecule has 1 aromatic rings. The normalized spacial score (nSPS) is 14.0. The molecule has 0 saturated carbocycles. The van der Waals surface area contributed by atoms with Crippen molar-refractivity contribution < 1.29 is 0 Å². The van der Waals surface area contributed by atoms with Gasteiger partial charge in [-0.2, -0.15) is 0 Å². The lowest BCUT2D eigenvalue weighted by Crippen LogP contribution is -2.38. The topological polar surface area (TPSA) is 29.3 Å². The quantitative estimate of drug-likeness (QED) is 0.897. The van der Waals surface area contributed by atoms with Gasteiger partial charge in [0.15, 0.2) is 0 Å². The van der Waals surface area contributed by atoms with Crippen molar-refractivity contribution in [2.45, 2.75) is 59.5 Å². The summed E-state index contributed by atoms with van der Waals surface area (Å²) in [5.74, 6) is 0. The van der Waals surface area contributed by atoms with Gasteiger partial charge in [0.1, 0.15) is 0 Å². The van der Waals surface area contributed by atoms with Crippen LogP contribution in [0.5, 0.6) is 0 Å². The molecule has 2 heteroatoms. The third-order valence-corrected chi connectivity index (χ3v) is 4.10. The minimum absolute atomic E-state index is 0.161. The van der Waals surface area contributed by atoms with Crippen molar-refractivity contribution in [3.63, 3.8) is 0 Å². The van der Waals surface area contributed by atoms with E-state index in [1.165, 1.54) is 27.8 Å². The van der Waals surface area contributed by atoms with Gasteiger partial charge in [-0.25, -0.2) is 0 Å². The average Bonchev–Trinajstić information content (AvgIpc) is 2.23. The Balaban J connectivity index is 3.39. The second kappa shape index (κ2) is 5.64. The second-order valence-electron chi connectivity index (χ2n) is 6.85. The van der Waals surface area contributed by atoms with Crippen LogP contribution in [0.2, 0.25) is 0 Å². The number of aryl methyl sites for hydroxylation is 2. The van der Waals surface area contributed by atoms with Crippen molar-refractivity contribution in [3.8, 4) is 0 Å². The molecule has 0 aliphatic carbocycles. The Kier molecular flexibility index (Phi) is 4.81. The molecule has 0 aliphatic rings. The standard InChI is InChI=1S/C17H30N2/c1-11-9-12(2)14(4)16(13(11)3)15(19(7)8)10-17(5,6)18/h9,15H,10,18H2,1-8H3. The Labute approximate surface area is 119 Å². The van der Waals surface area contributed by atoms with Crippen LogP contribution in [0.25, 0.3) is 0 Å². The van der Waals surface area contributed by atoms with E-state index in [1.54, 1.807) is 0 Å². The fraction of sp³-hybridized carbons (Fsp3) is 0.647. The fourth-order valence-corrected chi connectivity index (χ4v) is 2.79. The van der Waals surface area contributed by atoms with Crippen LogP contribution in [0.3, 0.4) is 0 Å². The Morgan fingerprint density at radius 1 is 1.05 bits per heavy atom. The molecule has 0 amide bonds. The monoisotopic (exact) mass is 262 g/mol. The van der Waals surface area contributed by atoms with Crippen LogP contribution in [0.15, 0.2) is 6.07 Å². The second-order valence-corrected chi connectivity index (χ2v) is 6.85. The Hall–Kier alpha value is -0.860. The van der Waals surface area contributed by atoms with Gasteiger partial charge in [-0.1, -0.05) is 6.07 Å². The molecule has 0 radical (unpaired) electrons. The highest BCUT2D eigenvalue weighted by atomic mass is 15.1. The van der Waals surface area contributed by atoms with Gasteiger partial charge < -0.3 is 10.6 Å². The van der Waals surface area contributed by atoms with Gasteiger partial charge in [0, 0.05) is 11.6 Å². The first-order valence-electron chi connectivity index (χ1n) is 7.07. The minimum atomic E-state index is -0.161. The van der Waals surface area contributed by atoms with Crippen molar-refractivity contribution in [3.05, 3.63) is 33.9 Å². The lowest BCUT2D eigenvalue weighted by atomic mass is 9.84. The first-order chi connectivity index (χ1) is 8.54. The molecule has 19 heavy (non-hydrogen) atoms. The van der Waals surface area contributed by atoms with E-state index in [4.69, 9.17) is 5.73 Å². The van der Waals surface area contributed by atoms with Crippen molar-refractivity contribution in [2.75, 3.05) is 14.1 Å². The summed E-state index contributed by atoms with van der Waals surface area (Å²) < 4.78 is 0. The maximum Gasteiger partial charge on any atom is 0.0364 e. The summed E-state index contributed by atoms with van der Waals surface area (Å²) in [6.07, 6.45) is 0.963. The summed E-state index contributed by atoms with van der Waals surface area (Å²) >= 11 is 0. The van der Waals surface area contributed by atoms with E-state index in [-0.39, 0.29) is 5.54 Å². The van der Waals surface area contributed by atoms with Crippen LogP contribution in [0.1, 0.15) is 54.1 Å². The molecule has 2 nitrogen and oxygen atoms in total. The maximum atomic E-state index is 6.26. The third-order valence-electron chi connectivity index (χ3n) is 4.10. The van der Waals surface area contributed by atoms with Crippen molar-refractivity contribution >= 4 is 0 Å². The molecule has 1 unspecified atom stereocenters. The minimum Gasteiger partial charge on any atom is -0.325 e. The maximum absolute atomic E-state index is 6.26. The Morgan fingerprint density at radius 3 is 1.79 bits per heavy atom. The van der Waals surface area contributed by atoms with E-state index < -0.39 is 0 Å². The summed E-state index contributed by atoms with van der Waals surface area (Å²) in [5.41, 5.74) is 13.1. The van der Waals surface area contributed by atoms with Gasteiger partial charge in [0.25, 0.3) is 0 Å². The first-order valence-corrected chi connectivity index (χ1v) is 7.07. The summed E-state index contributed by atoms with van der Waals surface area (Å²) in [7, 11) is 4.29. The van der Waals surface area contributed by atoms with Gasteiger partial charge in [0.2, 0.25) is 0 Å². The van der Waals surface area contributed by atoms with E-state index in [0.29, 0.717) is 6.04 Å². The molecule has 0 heterocycles. The molecular weight excluding hydrogens is 232 g/mol. The fourth-order valence-electron chi connectivity index (χ4n) is 2.79. The van der Waals surface area contributed by atoms with Crippen LogP contribution in [0.4, 0.5) is 0 Å². The molecule has 0 bridgehead atoms. The number of nitrogens with two attached hydrogens (primary N) is 1. The molecular formula is C17H30N2. The van der Waals surface area contributed by atoms with Gasteiger partial charge in [-0.3, -0.25) is 0 Å². The van der Waals surface area contributed by atoms with Gasteiger partial charge in [0.05, 0.1) is 0 Å². The predicted molar refractivity (Wildman–Crippen MR) is 84.7 cm³/mol. The summed E-state index contributed by atoms with van der Waals surface area (Å²) in [5, 5.41) is 0. The highest BCUT2D eigenvalue weighted by Crippen LogP contribution is 2.34. The highest BCUT2D eigenvalue weighted by Gasteiger charge is 2.25. The lowest BCUT2D eigenvalue weighted by molar-refractivity contribution is 0.241. The van der Waals surface area contributed by atoms with Crippen LogP contribution in [0, 0.1) is 27.7 Å².